The lowest BCUT2D eigenvalue weighted by Crippen LogP contribution is -2.38. The second kappa shape index (κ2) is 11.2. The molecule has 0 radical (unpaired) electrons. The Balaban J connectivity index is 1.95. The van der Waals surface area contributed by atoms with Gasteiger partial charge in [0.2, 0.25) is 0 Å². The summed E-state index contributed by atoms with van der Waals surface area (Å²) in [7, 11) is 1.47. The van der Waals surface area contributed by atoms with Crippen LogP contribution in [0.2, 0.25) is 0 Å². The number of methoxy groups -OCH3 is 1. The highest BCUT2D eigenvalue weighted by atomic mass is 16.5. The zero-order valence-electron chi connectivity index (χ0n) is 18.6. The average molecular weight is 453 g/mol. The predicted octanol–water partition coefficient (Wildman–Crippen LogP) is 3.77. The molecule has 0 bridgehead atoms. The number of aliphatic hydroxyl groups is 1. The van der Waals surface area contributed by atoms with Gasteiger partial charge in [0.1, 0.15) is 13.2 Å². The Hall–Kier alpha value is -3.78. The lowest BCUT2D eigenvalue weighted by molar-refractivity contribution is 0.0680. The van der Waals surface area contributed by atoms with Crippen molar-refractivity contribution in [3.05, 3.63) is 78.4 Å². The molecule has 0 aliphatic carbocycles. The number of benzene rings is 2. The first kappa shape index (κ1) is 23.9. The van der Waals surface area contributed by atoms with Gasteiger partial charge in [-0.05, 0) is 18.1 Å². The number of amides is 2. The quantitative estimate of drug-likeness (QED) is 0.562. The third kappa shape index (κ3) is 5.93. The van der Waals surface area contributed by atoms with E-state index in [0.29, 0.717) is 24.5 Å². The van der Waals surface area contributed by atoms with Crippen molar-refractivity contribution in [2.75, 3.05) is 32.2 Å². The molecular formula is C25H28N2O6. The van der Waals surface area contributed by atoms with E-state index in [-0.39, 0.29) is 43.0 Å². The van der Waals surface area contributed by atoms with E-state index in [1.54, 1.807) is 0 Å². The van der Waals surface area contributed by atoms with Gasteiger partial charge in [-0.25, -0.2) is 4.79 Å². The molecule has 1 fully saturated rings. The molecular weight excluding hydrogens is 424 g/mol. The number of likely N-dealkylation sites (tertiary alicyclic amines) is 1. The molecule has 0 saturated carbocycles. The van der Waals surface area contributed by atoms with Crippen molar-refractivity contribution in [2.45, 2.75) is 19.1 Å². The van der Waals surface area contributed by atoms with Gasteiger partial charge in [0.05, 0.1) is 31.0 Å². The highest BCUT2D eigenvalue weighted by molar-refractivity contribution is 6.04. The molecule has 3 rings (SSSR count). The molecule has 174 valence electrons. The van der Waals surface area contributed by atoms with E-state index in [2.05, 4.69) is 18.5 Å². The molecule has 1 aliphatic rings. The molecule has 1 aliphatic heterocycles. The van der Waals surface area contributed by atoms with Gasteiger partial charge in [-0.15, -0.1) is 0 Å². The van der Waals surface area contributed by atoms with Crippen molar-refractivity contribution < 1.29 is 28.9 Å². The molecule has 0 unspecified atom stereocenters. The standard InChI is InChI=1S/C25H28N2O6/c1-4-10-32-25(30)26-21-13-23(33-16-18-8-6-5-7-9-18)22(31-3)12-20(21)24(29)27-14-17(2)11-19(27)15-28/h4-9,12-13,19,28H,1-2,10-11,14-16H2,3H3,(H,26,30)/t19-/m0/s1. The van der Waals surface area contributed by atoms with Crippen LogP contribution in [0.3, 0.4) is 0 Å². The minimum Gasteiger partial charge on any atom is -0.493 e. The topological polar surface area (TPSA) is 97.3 Å². The number of carbonyl (C=O) groups excluding carboxylic acids is 2. The molecule has 8 nitrogen and oxygen atoms in total. The van der Waals surface area contributed by atoms with Crippen molar-refractivity contribution >= 4 is 17.7 Å². The zero-order chi connectivity index (χ0) is 23.8. The smallest absolute Gasteiger partial charge is 0.411 e. The number of rotatable bonds is 9. The van der Waals surface area contributed by atoms with Crippen molar-refractivity contribution in [3.63, 3.8) is 0 Å². The summed E-state index contributed by atoms with van der Waals surface area (Å²) >= 11 is 0. The fraction of sp³-hybridized carbons (Fsp3) is 0.280. The van der Waals surface area contributed by atoms with Crippen molar-refractivity contribution in [2.24, 2.45) is 0 Å². The van der Waals surface area contributed by atoms with E-state index in [0.717, 1.165) is 11.1 Å². The summed E-state index contributed by atoms with van der Waals surface area (Å²) in [5.41, 5.74) is 2.17. The minimum atomic E-state index is -0.743. The fourth-order valence-corrected chi connectivity index (χ4v) is 3.56. The second-order valence-electron chi connectivity index (χ2n) is 7.56. The van der Waals surface area contributed by atoms with E-state index < -0.39 is 6.09 Å². The number of nitrogens with one attached hydrogen (secondary N) is 1. The third-order valence-electron chi connectivity index (χ3n) is 5.17. The lowest BCUT2D eigenvalue weighted by Gasteiger charge is -2.24. The summed E-state index contributed by atoms with van der Waals surface area (Å²) in [5.74, 6) is 0.305. The number of ether oxygens (including phenoxy) is 3. The van der Waals surface area contributed by atoms with Crippen LogP contribution in [-0.2, 0) is 11.3 Å². The van der Waals surface area contributed by atoms with Gasteiger partial charge in [0, 0.05) is 12.6 Å². The Labute approximate surface area is 193 Å². The van der Waals surface area contributed by atoms with Crippen LogP contribution < -0.4 is 14.8 Å². The minimum absolute atomic E-state index is 0.0150. The van der Waals surface area contributed by atoms with Gasteiger partial charge >= 0.3 is 6.09 Å². The van der Waals surface area contributed by atoms with E-state index in [1.807, 2.05) is 30.3 Å². The Morgan fingerprint density at radius 2 is 2.00 bits per heavy atom. The molecule has 2 amide bonds. The van der Waals surface area contributed by atoms with Crippen LogP contribution in [-0.4, -0.2) is 54.9 Å². The van der Waals surface area contributed by atoms with Gasteiger partial charge in [-0.3, -0.25) is 10.1 Å². The normalized spacial score (nSPS) is 15.2. The number of anilines is 1. The average Bonchev–Trinajstić information content (AvgIpc) is 3.22. The maximum absolute atomic E-state index is 13.4. The highest BCUT2D eigenvalue weighted by Crippen LogP contribution is 2.36. The Kier molecular flexibility index (Phi) is 8.10. The summed E-state index contributed by atoms with van der Waals surface area (Å²) in [4.78, 5) is 27.2. The molecule has 2 N–H and O–H groups in total. The number of carbonyl (C=O) groups is 2. The summed E-state index contributed by atoms with van der Waals surface area (Å²) < 4.78 is 16.4. The molecule has 2 aromatic carbocycles. The molecule has 8 heteroatoms. The SMILES string of the molecule is C=CCOC(=O)Nc1cc(OCc2ccccc2)c(OC)cc1C(=O)N1CC(=C)C[C@H]1CO. The summed E-state index contributed by atoms with van der Waals surface area (Å²) in [6.45, 7) is 7.86. The fourth-order valence-electron chi connectivity index (χ4n) is 3.56. The Bertz CT molecular complexity index is 1020. The Morgan fingerprint density at radius 1 is 1.24 bits per heavy atom. The van der Waals surface area contributed by atoms with Crippen LogP contribution >= 0.6 is 0 Å². The van der Waals surface area contributed by atoms with E-state index >= 15 is 0 Å². The molecule has 1 atom stereocenters. The van der Waals surface area contributed by atoms with E-state index in [1.165, 1.54) is 30.2 Å². The maximum atomic E-state index is 13.4. The first-order chi connectivity index (χ1) is 16.0. The molecule has 1 saturated heterocycles. The molecule has 0 spiro atoms. The van der Waals surface area contributed by atoms with Gasteiger partial charge in [0.25, 0.3) is 5.91 Å². The van der Waals surface area contributed by atoms with Crippen LogP contribution in [0.5, 0.6) is 11.5 Å². The van der Waals surface area contributed by atoms with Gasteiger partial charge in [-0.1, -0.05) is 55.1 Å². The van der Waals surface area contributed by atoms with Gasteiger partial charge in [0.15, 0.2) is 11.5 Å². The van der Waals surface area contributed by atoms with E-state index in [4.69, 9.17) is 14.2 Å². The monoisotopic (exact) mass is 452 g/mol. The third-order valence-corrected chi connectivity index (χ3v) is 5.17. The number of hydrogen-bond acceptors (Lipinski definition) is 6. The first-order valence-electron chi connectivity index (χ1n) is 10.5. The molecule has 1 heterocycles. The zero-order valence-corrected chi connectivity index (χ0v) is 18.6. The molecule has 33 heavy (non-hydrogen) atoms. The number of hydrogen-bond donors (Lipinski definition) is 2. The number of nitrogens with zero attached hydrogens (tertiary/aromatic N) is 1. The lowest BCUT2D eigenvalue weighted by atomic mass is 10.1. The first-order valence-corrected chi connectivity index (χ1v) is 10.5. The van der Waals surface area contributed by atoms with Gasteiger partial charge in [-0.2, -0.15) is 0 Å². The highest BCUT2D eigenvalue weighted by Gasteiger charge is 2.33. The van der Waals surface area contributed by atoms with Crippen LogP contribution in [0.15, 0.2) is 67.3 Å². The van der Waals surface area contributed by atoms with E-state index in [9.17, 15) is 14.7 Å². The largest absolute Gasteiger partial charge is 0.493 e. The summed E-state index contributed by atoms with van der Waals surface area (Å²) in [6, 6.07) is 12.2. The number of aliphatic hydroxyl groups excluding tert-OH is 1. The second-order valence-corrected chi connectivity index (χ2v) is 7.56. The van der Waals surface area contributed by atoms with Crippen LogP contribution in [0.25, 0.3) is 0 Å². The van der Waals surface area contributed by atoms with Crippen molar-refractivity contribution in [3.8, 4) is 11.5 Å². The van der Waals surface area contributed by atoms with Crippen LogP contribution in [0.1, 0.15) is 22.3 Å². The van der Waals surface area contributed by atoms with Crippen molar-refractivity contribution in [1.82, 2.24) is 4.90 Å². The maximum Gasteiger partial charge on any atom is 0.411 e. The summed E-state index contributed by atoms with van der Waals surface area (Å²) in [5, 5.41) is 12.3. The predicted molar refractivity (Wildman–Crippen MR) is 125 cm³/mol. The van der Waals surface area contributed by atoms with Crippen LogP contribution in [0.4, 0.5) is 10.5 Å². The van der Waals surface area contributed by atoms with Gasteiger partial charge < -0.3 is 24.2 Å². The molecule has 2 aromatic rings. The Morgan fingerprint density at radius 3 is 2.67 bits per heavy atom. The molecule has 0 aromatic heterocycles. The van der Waals surface area contributed by atoms with Crippen LogP contribution in [0, 0.1) is 0 Å². The van der Waals surface area contributed by atoms with Crippen molar-refractivity contribution in [1.29, 1.82) is 0 Å². The summed E-state index contributed by atoms with van der Waals surface area (Å²) in [6.07, 6.45) is 1.21.